The largest absolute Gasteiger partial charge is 0.382 e. The van der Waals surface area contributed by atoms with Crippen LogP contribution in [0.3, 0.4) is 0 Å². The quantitative estimate of drug-likeness (QED) is 0.584. The first kappa shape index (κ1) is 15.8. The van der Waals surface area contributed by atoms with Gasteiger partial charge in [-0.1, -0.05) is 37.3 Å². The number of nitrogens with one attached hydrogen (secondary N) is 2. The zero-order valence-corrected chi connectivity index (χ0v) is 12.9. The second-order valence-corrected chi connectivity index (χ2v) is 5.18. The number of hydrogen-bond donors (Lipinski definition) is 3. The summed E-state index contributed by atoms with van der Waals surface area (Å²) in [5.74, 6) is 0.427. The van der Waals surface area contributed by atoms with Crippen LogP contribution in [0.4, 0.5) is 11.5 Å². The molecule has 0 saturated heterocycles. The van der Waals surface area contributed by atoms with E-state index >= 15 is 0 Å². The van der Waals surface area contributed by atoms with Crippen molar-refractivity contribution < 1.29 is 0 Å². The summed E-state index contributed by atoms with van der Waals surface area (Å²) in [7, 11) is 5.88. The molecule has 0 aliphatic carbocycles. The Hall–Kier alpha value is -2.56. The normalized spacial score (nSPS) is 11.7. The molecular weight excluding hydrogens is 271 g/mol. The number of hydrogen-bond acceptors (Lipinski definition) is 4. The Bertz CT molecular complexity index is 704. The number of benzene rings is 1. The van der Waals surface area contributed by atoms with E-state index in [0.29, 0.717) is 29.1 Å². The second-order valence-electron chi connectivity index (χ2n) is 5.18. The molecule has 2 aromatic rings. The maximum Gasteiger partial charge on any atom is 0.146 e. The third-order valence-electron chi connectivity index (χ3n) is 3.30. The van der Waals surface area contributed by atoms with Crippen LogP contribution >= 0.6 is 0 Å². The highest BCUT2D eigenvalue weighted by Crippen LogP contribution is 2.25. The molecular formula is C17H19BN4. The summed E-state index contributed by atoms with van der Waals surface area (Å²) in [6.07, 6.45) is 1.65. The first-order valence-electron chi connectivity index (χ1n) is 7.04. The van der Waals surface area contributed by atoms with E-state index in [1.165, 1.54) is 0 Å². The number of nitrogens with two attached hydrogens (primary N) is 1. The molecule has 1 aromatic heterocycles. The molecule has 5 heteroatoms. The molecule has 0 aliphatic rings. The molecule has 2 radical (unpaired) electrons. The van der Waals surface area contributed by atoms with Crippen molar-refractivity contribution in [2.45, 2.75) is 20.4 Å². The predicted octanol–water partition coefficient (Wildman–Crippen LogP) is 3.22. The van der Waals surface area contributed by atoms with Gasteiger partial charge in [0.2, 0.25) is 0 Å². The van der Waals surface area contributed by atoms with Crippen LogP contribution in [0.15, 0.2) is 48.1 Å². The minimum atomic E-state index is 0.403. The molecule has 0 spiro atoms. The molecule has 0 aliphatic heterocycles. The van der Waals surface area contributed by atoms with E-state index in [4.69, 9.17) is 19.0 Å². The maximum absolute atomic E-state index is 7.86. The highest BCUT2D eigenvalue weighted by atomic mass is 14.9. The summed E-state index contributed by atoms with van der Waals surface area (Å²) in [5, 5.41) is 11.1. The number of rotatable bonds is 5. The lowest BCUT2D eigenvalue weighted by Crippen LogP contribution is -2.06. The summed E-state index contributed by atoms with van der Waals surface area (Å²) < 4.78 is 0. The predicted molar refractivity (Wildman–Crippen MR) is 94.2 cm³/mol. The van der Waals surface area contributed by atoms with Gasteiger partial charge in [-0.3, -0.25) is 0 Å². The monoisotopic (exact) mass is 290 g/mol. The Morgan fingerprint density at radius 3 is 2.55 bits per heavy atom. The van der Waals surface area contributed by atoms with Gasteiger partial charge >= 0.3 is 0 Å². The fourth-order valence-electron chi connectivity index (χ4n) is 2.29. The van der Waals surface area contributed by atoms with Gasteiger partial charge in [-0.25, -0.2) is 4.98 Å². The summed E-state index contributed by atoms with van der Waals surface area (Å²) in [5.41, 5.74) is 10.3. The zero-order chi connectivity index (χ0) is 16.1. The number of nitrogen functional groups attached to an aromatic ring is 1. The second kappa shape index (κ2) is 6.94. The molecule has 22 heavy (non-hydrogen) atoms. The number of allylic oxidation sites excluding steroid dienone is 2. The third-order valence-corrected chi connectivity index (χ3v) is 3.30. The highest BCUT2D eigenvalue weighted by Gasteiger charge is 2.09. The molecule has 0 saturated carbocycles. The van der Waals surface area contributed by atoms with Crippen LogP contribution in [0.25, 0.3) is 5.57 Å². The lowest BCUT2D eigenvalue weighted by Gasteiger charge is -2.13. The fraction of sp³-hybridized carbons (Fsp3) is 0.176. The Morgan fingerprint density at radius 1 is 1.27 bits per heavy atom. The molecule has 4 N–H and O–H groups in total. The van der Waals surface area contributed by atoms with Crippen LogP contribution in [-0.2, 0) is 6.54 Å². The smallest absolute Gasteiger partial charge is 0.146 e. The Balaban J connectivity index is 2.27. The topological polar surface area (TPSA) is 74.8 Å². The summed E-state index contributed by atoms with van der Waals surface area (Å²) >= 11 is 0. The van der Waals surface area contributed by atoms with Crippen LogP contribution in [0.5, 0.6) is 0 Å². The van der Waals surface area contributed by atoms with Crippen LogP contribution in [0.1, 0.15) is 25.0 Å². The molecule has 0 unspecified atom stereocenters. The van der Waals surface area contributed by atoms with Gasteiger partial charge < -0.3 is 16.5 Å². The number of anilines is 2. The standard InChI is InChI=1S/C17H19BN4/c1-11(18)16(12(2)19)14-8-15(17(20)22-10-14)21-9-13-6-4-3-5-7-13/h3-8,10,19,21H,9H2,1-2H3,(H2,20,22)/b16-11+,19-12?. The highest BCUT2D eigenvalue weighted by molar-refractivity contribution is 6.35. The molecule has 0 fully saturated rings. The molecule has 1 aromatic carbocycles. The van der Waals surface area contributed by atoms with Crippen molar-refractivity contribution in [2.24, 2.45) is 0 Å². The van der Waals surface area contributed by atoms with Crippen molar-refractivity contribution >= 4 is 30.6 Å². The van der Waals surface area contributed by atoms with E-state index in [9.17, 15) is 0 Å². The molecule has 4 nitrogen and oxygen atoms in total. The van der Waals surface area contributed by atoms with Gasteiger partial charge in [0, 0.05) is 24.0 Å². The minimum Gasteiger partial charge on any atom is -0.382 e. The van der Waals surface area contributed by atoms with Gasteiger partial charge in [0.25, 0.3) is 0 Å². The minimum absolute atomic E-state index is 0.403. The lowest BCUT2D eigenvalue weighted by atomic mass is 9.86. The molecule has 0 bridgehead atoms. The van der Waals surface area contributed by atoms with Gasteiger partial charge in [-0.05, 0) is 24.1 Å². The van der Waals surface area contributed by atoms with E-state index in [-0.39, 0.29) is 0 Å². The van der Waals surface area contributed by atoms with E-state index in [2.05, 4.69) is 10.3 Å². The molecule has 0 atom stereocenters. The molecule has 110 valence electrons. The van der Waals surface area contributed by atoms with E-state index < -0.39 is 0 Å². The fourth-order valence-corrected chi connectivity index (χ4v) is 2.29. The number of nitrogens with zero attached hydrogens (tertiary/aromatic N) is 1. The Labute approximate surface area is 132 Å². The summed E-state index contributed by atoms with van der Waals surface area (Å²) in [4.78, 5) is 4.21. The van der Waals surface area contributed by atoms with Crippen LogP contribution in [0.2, 0.25) is 0 Å². The summed E-state index contributed by atoms with van der Waals surface area (Å²) in [6.45, 7) is 4.14. The molecule has 0 amide bonds. The van der Waals surface area contributed by atoms with E-state index in [1.54, 1.807) is 20.0 Å². The van der Waals surface area contributed by atoms with Gasteiger partial charge in [-0.15, -0.1) is 5.47 Å². The number of pyridine rings is 1. The zero-order valence-electron chi connectivity index (χ0n) is 12.9. The van der Waals surface area contributed by atoms with E-state index in [1.807, 2.05) is 36.4 Å². The van der Waals surface area contributed by atoms with Crippen molar-refractivity contribution in [3.8, 4) is 0 Å². The number of aromatic nitrogens is 1. The average Bonchev–Trinajstić information content (AvgIpc) is 2.48. The van der Waals surface area contributed by atoms with Gasteiger partial charge in [-0.2, -0.15) is 0 Å². The van der Waals surface area contributed by atoms with Crippen molar-refractivity contribution in [1.82, 2.24) is 4.98 Å². The Morgan fingerprint density at radius 2 is 1.95 bits per heavy atom. The third kappa shape index (κ3) is 3.76. The van der Waals surface area contributed by atoms with Crippen LogP contribution < -0.4 is 11.1 Å². The molecule has 1 heterocycles. The Kier molecular flexibility index (Phi) is 4.99. The average molecular weight is 290 g/mol. The first-order valence-corrected chi connectivity index (χ1v) is 7.04. The van der Waals surface area contributed by atoms with Crippen molar-refractivity contribution in [3.05, 3.63) is 59.2 Å². The van der Waals surface area contributed by atoms with E-state index in [0.717, 1.165) is 16.8 Å². The first-order chi connectivity index (χ1) is 10.5. The SMILES string of the molecule is [B]/C(C)=C(\C(C)=N)c1cnc(N)c(NCc2ccccc2)c1. The van der Waals surface area contributed by atoms with Gasteiger partial charge in [0.1, 0.15) is 13.7 Å². The molecule has 2 rings (SSSR count). The van der Waals surface area contributed by atoms with Crippen molar-refractivity contribution in [2.75, 3.05) is 11.1 Å². The van der Waals surface area contributed by atoms with Gasteiger partial charge in [0.05, 0.1) is 5.69 Å². The summed E-state index contributed by atoms with van der Waals surface area (Å²) in [6, 6.07) is 11.9. The van der Waals surface area contributed by atoms with Crippen LogP contribution in [0, 0.1) is 5.41 Å². The van der Waals surface area contributed by atoms with Crippen LogP contribution in [-0.4, -0.2) is 18.5 Å². The lowest BCUT2D eigenvalue weighted by molar-refractivity contribution is 1.14. The van der Waals surface area contributed by atoms with Crippen molar-refractivity contribution in [1.29, 1.82) is 5.41 Å². The van der Waals surface area contributed by atoms with Crippen molar-refractivity contribution in [3.63, 3.8) is 0 Å². The van der Waals surface area contributed by atoms with Gasteiger partial charge in [0.15, 0.2) is 0 Å². The maximum atomic E-state index is 7.86.